The standard InChI is InChI=1S/C11H13NO/c1-8-2-3-10-5-9(6-12)7-13-11(10)4-8/h2-5H,6-7,12H2,1H3. The van der Waals surface area contributed by atoms with Gasteiger partial charge in [-0.05, 0) is 30.2 Å². The predicted molar refractivity (Wildman–Crippen MR) is 53.7 cm³/mol. The van der Waals surface area contributed by atoms with Crippen molar-refractivity contribution in [3.8, 4) is 5.75 Å². The van der Waals surface area contributed by atoms with Crippen LogP contribution in [0.15, 0.2) is 23.8 Å². The molecule has 1 aliphatic rings. The molecule has 0 unspecified atom stereocenters. The molecule has 68 valence electrons. The van der Waals surface area contributed by atoms with Gasteiger partial charge in [0, 0.05) is 12.1 Å². The van der Waals surface area contributed by atoms with E-state index < -0.39 is 0 Å². The summed E-state index contributed by atoms with van der Waals surface area (Å²) in [5.74, 6) is 0.970. The normalized spacial score (nSPS) is 14.5. The molecule has 0 saturated carbocycles. The topological polar surface area (TPSA) is 35.2 Å². The Morgan fingerprint density at radius 2 is 2.31 bits per heavy atom. The van der Waals surface area contributed by atoms with Crippen LogP contribution in [0.2, 0.25) is 0 Å². The monoisotopic (exact) mass is 175 g/mol. The third-order valence-corrected chi connectivity index (χ3v) is 2.20. The molecule has 0 aliphatic carbocycles. The smallest absolute Gasteiger partial charge is 0.127 e. The van der Waals surface area contributed by atoms with E-state index in [1.54, 1.807) is 0 Å². The molecule has 2 N–H and O–H groups in total. The van der Waals surface area contributed by atoms with E-state index in [1.807, 2.05) is 0 Å². The van der Waals surface area contributed by atoms with E-state index in [4.69, 9.17) is 10.5 Å². The van der Waals surface area contributed by atoms with E-state index in [0.29, 0.717) is 13.2 Å². The van der Waals surface area contributed by atoms with Gasteiger partial charge in [0.15, 0.2) is 0 Å². The van der Waals surface area contributed by atoms with Crippen molar-refractivity contribution in [3.63, 3.8) is 0 Å². The lowest BCUT2D eigenvalue weighted by molar-refractivity contribution is 0.345. The minimum Gasteiger partial charge on any atom is -0.489 e. The highest BCUT2D eigenvalue weighted by molar-refractivity contribution is 5.63. The third-order valence-electron chi connectivity index (χ3n) is 2.20. The lowest BCUT2D eigenvalue weighted by Gasteiger charge is -2.17. The minimum atomic E-state index is 0.577. The third kappa shape index (κ3) is 1.58. The molecule has 2 nitrogen and oxygen atoms in total. The van der Waals surface area contributed by atoms with Crippen molar-refractivity contribution in [2.75, 3.05) is 13.2 Å². The molecular formula is C11H13NO. The van der Waals surface area contributed by atoms with Crippen molar-refractivity contribution in [1.82, 2.24) is 0 Å². The van der Waals surface area contributed by atoms with E-state index in [-0.39, 0.29) is 0 Å². The van der Waals surface area contributed by atoms with E-state index in [1.165, 1.54) is 5.56 Å². The van der Waals surface area contributed by atoms with E-state index in [2.05, 4.69) is 31.2 Å². The number of hydrogen-bond acceptors (Lipinski definition) is 2. The lowest BCUT2D eigenvalue weighted by atomic mass is 10.1. The molecule has 0 radical (unpaired) electrons. The highest BCUT2D eigenvalue weighted by Gasteiger charge is 2.09. The highest BCUT2D eigenvalue weighted by atomic mass is 16.5. The van der Waals surface area contributed by atoms with Crippen LogP contribution >= 0.6 is 0 Å². The molecule has 0 aromatic heterocycles. The summed E-state index contributed by atoms with van der Waals surface area (Å²) in [6.45, 7) is 3.27. The van der Waals surface area contributed by atoms with Gasteiger partial charge in [0.2, 0.25) is 0 Å². The van der Waals surface area contributed by atoms with Crippen LogP contribution in [0.4, 0.5) is 0 Å². The number of rotatable bonds is 1. The number of ether oxygens (including phenoxy) is 1. The molecule has 0 atom stereocenters. The van der Waals surface area contributed by atoms with Gasteiger partial charge < -0.3 is 10.5 Å². The minimum absolute atomic E-state index is 0.577. The summed E-state index contributed by atoms with van der Waals surface area (Å²) >= 11 is 0. The zero-order chi connectivity index (χ0) is 9.26. The number of fused-ring (bicyclic) bond motifs is 1. The van der Waals surface area contributed by atoms with Gasteiger partial charge in [-0.3, -0.25) is 0 Å². The SMILES string of the molecule is Cc1ccc2c(c1)OCC(CN)=C2. The van der Waals surface area contributed by atoms with Crippen LogP contribution < -0.4 is 10.5 Å². The Balaban J connectivity index is 2.42. The van der Waals surface area contributed by atoms with Crippen LogP contribution in [0.1, 0.15) is 11.1 Å². The summed E-state index contributed by atoms with van der Waals surface area (Å²) in [5.41, 5.74) is 9.05. The Morgan fingerprint density at radius 1 is 1.46 bits per heavy atom. The number of hydrogen-bond donors (Lipinski definition) is 1. The molecule has 1 heterocycles. The number of aryl methyl sites for hydroxylation is 1. The Hall–Kier alpha value is -1.28. The van der Waals surface area contributed by atoms with Crippen LogP contribution in [-0.4, -0.2) is 13.2 Å². The van der Waals surface area contributed by atoms with Crippen molar-refractivity contribution in [2.24, 2.45) is 5.73 Å². The maximum absolute atomic E-state index is 5.56. The van der Waals surface area contributed by atoms with Crippen LogP contribution in [0.5, 0.6) is 5.75 Å². The molecule has 2 heteroatoms. The van der Waals surface area contributed by atoms with Crippen molar-refractivity contribution in [2.45, 2.75) is 6.92 Å². The number of nitrogens with two attached hydrogens (primary N) is 1. The highest BCUT2D eigenvalue weighted by Crippen LogP contribution is 2.26. The quantitative estimate of drug-likeness (QED) is 0.705. The number of benzene rings is 1. The molecule has 0 spiro atoms. The van der Waals surface area contributed by atoms with Gasteiger partial charge in [0.05, 0.1) is 0 Å². The Kier molecular flexibility index (Phi) is 2.07. The summed E-state index contributed by atoms with van der Waals surface area (Å²) in [5, 5.41) is 0. The molecule has 1 aliphatic heterocycles. The second-order valence-corrected chi connectivity index (χ2v) is 3.34. The first-order chi connectivity index (χ1) is 6.29. The summed E-state index contributed by atoms with van der Waals surface area (Å²) in [7, 11) is 0. The van der Waals surface area contributed by atoms with E-state index in [0.717, 1.165) is 16.9 Å². The molecule has 1 aromatic rings. The van der Waals surface area contributed by atoms with Crippen molar-refractivity contribution >= 4 is 6.08 Å². The van der Waals surface area contributed by atoms with Gasteiger partial charge in [0.25, 0.3) is 0 Å². The maximum Gasteiger partial charge on any atom is 0.127 e. The fourth-order valence-corrected chi connectivity index (χ4v) is 1.44. The second-order valence-electron chi connectivity index (χ2n) is 3.34. The molecule has 0 fully saturated rings. The molecule has 0 bridgehead atoms. The molecule has 0 amide bonds. The van der Waals surface area contributed by atoms with Crippen molar-refractivity contribution in [1.29, 1.82) is 0 Å². The molecule has 0 saturated heterocycles. The van der Waals surface area contributed by atoms with Gasteiger partial charge >= 0.3 is 0 Å². The fraction of sp³-hybridized carbons (Fsp3) is 0.273. The van der Waals surface area contributed by atoms with Crippen molar-refractivity contribution in [3.05, 3.63) is 34.9 Å². The van der Waals surface area contributed by atoms with Gasteiger partial charge in [0.1, 0.15) is 12.4 Å². The van der Waals surface area contributed by atoms with Gasteiger partial charge in [-0.15, -0.1) is 0 Å². The zero-order valence-corrected chi connectivity index (χ0v) is 7.71. The fourth-order valence-electron chi connectivity index (χ4n) is 1.44. The van der Waals surface area contributed by atoms with Crippen LogP contribution in [0, 0.1) is 6.92 Å². The summed E-state index contributed by atoms with van der Waals surface area (Å²) < 4.78 is 5.56. The molecule has 2 rings (SSSR count). The van der Waals surface area contributed by atoms with E-state index >= 15 is 0 Å². The van der Waals surface area contributed by atoms with Gasteiger partial charge in [-0.2, -0.15) is 0 Å². The largest absolute Gasteiger partial charge is 0.489 e. The molecular weight excluding hydrogens is 162 g/mol. The lowest BCUT2D eigenvalue weighted by Crippen LogP contribution is -2.14. The van der Waals surface area contributed by atoms with Gasteiger partial charge in [-0.25, -0.2) is 0 Å². The Morgan fingerprint density at radius 3 is 3.08 bits per heavy atom. The van der Waals surface area contributed by atoms with Crippen LogP contribution in [0.25, 0.3) is 6.08 Å². The summed E-state index contributed by atoms with van der Waals surface area (Å²) in [6, 6.07) is 6.21. The first-order valence-electron chi connectivity index (χ1n) is 4.42. The Labute approximate surface area is 78.0 Å². The maximum atomic E-state index is 5.56. The Bertz CT molecular complexity index is 355. The van der Waals surface area contributed by atoms with Crippen molar-refractivity contribution < 1.29 is 4.74 Å². The summed E-state index contributed by atoms with van der Waals surface area (Å²) in [4.78, 5) is 0. The van der Waals surface area contributed by atoms with E-state index in [9.17, 15) is 0 Å². The van der Waals surface area contributed by atoms with Crippen LogP contribution in [0.3, 0.4) is 0 Å². The van der Waals surface area contributed by atoms with Gasteiger partial charge in [-0.1, -0.05) is 12.1 Å². The average molecular weight is 175 g/mol. The predicted octanol–water partition coefficient (Wildman–Crippen LogP) is 1.73. The average Bonchev–Trinajstić information content (AvgIpc) is 2.17. The second kappa shape index (κ2) is 3.23. The zero-order valence-electron chi connectivity index (χ0n) is 7.71. The first-order valence-corrected chi connectivity index (χ1v) is 4.42. The molecule has 13 heavy (non-hydrogen) atoms. The first kappa shape index (κ1) is 8.32. The molecule has 1 aromatic carbocycles. The van der Waals surface area contributed by atoms with Crippen LogP contribution in [-0.2, 0) is 0 Å². The summed E-state index contributed by atoms with van der Waals surface area (Å²) in [6.07, 6.45) is 2.11.